The first-order valence-electron chi connectivity index (χ1n) is 8.39. The third kappa shape index (κ3) is 4.41. The largest absolute Gasteiger partial charge is 0.508 e. The highest BCUT2D eigenvalue weighted by Gasteiger charge is 2.19. The van der Waals surface area contributed by atoms with Crippen molar-refractivity contribution in [2.75, 3.05) is 17.7 Å². The zero-order valence-corrected chi connectivity index (χ0v) is 15.5. The number of carbonyl (C=O) groups is 1. The summed E-state index contributed by atoms with van der Waals surface area (Å²) >= 11 is 0. The van der Waals surface area contributed by atoms with Gasteiger partial charge in [-0.1, -0.05) is 11.6 Å². The fraction of sp³-hybridized carbons (Fsp3) is 0.286. The summed E-state index contributed by atoms with van der Waals surface area (Å²) in [5, 5.41) is 15.7. The number of phenols is 1. The molecule has 0 aliphatic heterocycles. The van der Waals surface area contributed by atoms with Crippen LogP contribution in [0.25, 0.3) is 5.57 Å². The van der Waals surface area contributed by atoms with Crippen LogP contribution in [0.3, 0.4) is 0 Å². The average Bonchev–Trinajstić information content (AvgIpc) is 2.61. The lowest BCUT2D eigenvalue weighted by Gasteiger charge is -2.18. The van der Waals surface area contributed by atoms with E-state index in [1.165, 1.54) is 11.1 Å². The summed E-state index contributed by atoms with van der Waals surface area (Å²) in [4.78, 5) is 13.0. The van der Waals surface area contributed by atoms with Gasteiger partial charge in [0.05, 0.1) is 6.04 Å². The van der Waals surface area contributed by atoms with E-state index in [1.807, 2.05) is 32.2 Å². The van der Waals surface area contributed by atoms with E-state index in [-0.39, 0.29) is 17.6 Å². The number of benzene rings is 2. The molecular weight excluding hydrogens is 312 g/mol. The molecule has 3 N–H and O–H groups in total. The number of anilines is 2. The van der Waals surface area contributed by atoms with Crippen molar-refractivity contribution in [3.8, 4) is 5.75 Å². The minimum Gasteiger partial charge on any atom is -0.508 e. The highest BCUT2D eigenvalue weighted by atomic mass is 16.3. The molecule has 132 valence electrons. The minimum atomic E-state index is -0.390. The van der Waals surface area contributed by atoms with Crippen molar-refractivity contribution >= 4 is 22.7 Å². The second-order valence-electron chi connectivity index (χ2n) is 6.41. The Labute approximate surface area is 149 Å². The van der Waals surface area contributed by atoms with Crippen LogP contribution in [0.4, 0.5) is 11.4 Å². The number of Topliss-reactive ketones (excluding diaryl/α,β-unsaturated/α-hetero) is 1. The standard InChI is InChI=1S/C21H26N2O2/c1-13(2)14(3)16-6-11-20(22-5)19(12-16)21(25)15(4)23-17-7-9-18(24)10-8-17/h6-12,15,22-24H,1-5H3. The first-order valence-corrected chi connectivity index (χ1v) is 8.39. The maximum absolute atomic E-state index is 13.0. The molecule has 1 unspecified atom stereocenters. The lowest BCUT2D eigenvalue weighted by atomic mass is 9.96. The third-order valence-electron chi connectivity index (χ3n) is 4.38. The smallest absolute Gasteiger partial charge is 0.186 e. The molecule has 0 bridgehead atoms. The van der Waals surface area contributed by atoms with Crippen LogP contribution in [-0.4, -0.2) is 24.0 Å². The van der Waals surface area contributed by atoms with Gasteiger partial charge in [0.25, 0.3) is 0 Å². The molecule has 4 heteroatoms. The molecule has 0 aromatic heterocycles. The van der Waals surface area contributed by atoms with E-state index in [0.717, 1.165) is 16.9 Å². The molecule has 0 aliphatic carbocycles. The molecule has 4 nitrogen and oxygen atoms in total. The van der Waals surface area contributed by atoms with Gasteiger partial charge in [0, 0.05) is 24.0 Å². The molecule has 2 aromatic rings. The van der Waals surface area contributed by atoms with Gasteiger partial charge in [-0.25, -0.2) is 0 Å². The fourth-order valence-corrected chi connectivity index (χ4v) is 2.59. The molecule has 0 heterocycles. The lowest BCUT2D eigenvalue weighted by molar-refractivity contribution is 0.0976. The lowest BCUT2D eigenvalue weighted by Crippen LogP contribution is -2.27. The van der Waals surface area contributed by atoms with E-state index >= 15 is 0 Å². The van der Waals surface area contributed by atoms with Gasteiger partial charge in [-0.2, -0.15) is 0 Å². The fourth-order valence-electron chi connectivity index (χ4n) is 2.59. The Morgan fingerprint density at radius 1 is 1.04 bits per heavy atom. The number of carbonyl (C=O) groups excluding carboxylic acids is 1. The summed E-state index contributed by atoms with van der Waals surface area (Å²) < 4.78 is 0. The quantitative estimate of drug-likeness (QED) is 0.516. The normalized spacial score (nSPS) is 11.6. The summed E-state index contributed by atoms with van der Waals surface area (Å²) in [7, 11) is 1.82. The summed E-state index contributed by atoms with van der Waals surface area (Å²) in [6.45, 7) is 8.04. The number of ketones is 1. The molecule has 0 aliphatic rings. The molecule has 0 amide bonds. The van der Waals surface area contributed by atoms with E-state index < -0.39 is 0 Å². The highest BCUT2D eigenvalue weighted by molar-refractivity contribution is 6.06. The van der Waals surface area contributed by atoms with Gasteiger partial charge in [-0.3, -0.25) is 4.79 Å². The number of allylic oxidation sites excluding steroid dienone is 2. The van der Waals surface area contributed by atoms with Gasteiger partial charge in [0.15, 0.2) is 5.78 Å². The highest BCUT2D eigenvalue weighted by Crippen LogP contribution is 2.26. The minimum absolute atomic E-state index is 0.0147. The van der Waals surface area contributed by atoms with Crippen LogP contribution in [0.5, 0.6) is 5.75 Å². The van der Waals surface area contributed by atoms with Gasteiger partial charge in [0.2, 0.25) is 0 Å². The molecule has 0 spiro atoms. The van der Waals surface area contributed by atoms with Crippen LogP contribution < -0.4 is 10.6 Å². The van der Waals surface area contributed by atoms with Crippen molar-refractivity contribution in [1.82, 2.24) is 0 Å². The van der Waals surface area contributed by atoms with Gasteiger partial charge < -0.3 is 15.7 Å². The molecule has 0 saturated heterocycles. The topological polar surface area (TPSA) is 61.4 Å². The van der Waals surface area contributed by atoms with E-state index in [9.17, 15) is 9.90 Å². The van der Waals surface area contributed by atoms with E-state index in [4.69, 9.17) is 0 Å². The summed E-state index contributed by atoms with van der Waals surface area (Å²) in [5.41, 5.74) is 5.73. The van der Waals surface area contributed by atoms with Gasteiger partial charge in [-0.05, 0) is 75.2 Å². The number of phenolic OH excluding ortho intramolecular Hbond substituents is 1. The Kier molecular flexibility index (Phi) is 5.86. The van der Waals surface area contributed by atoms with Gasteiger partial charge >= 0.3 is 0 Å². The number of nitrogens with one attached hydrogen (secondary N) is 2. The average molecular weight is 338 g/mol. The van der Waals surface area contributed by atoms with Crippen molar-refractivity contribution in [1.29, 1.82) is 0 Å². The zero-order valence-electron chi connectivity index (χ0n) is 15.5. The van der Waals surface area contributed by atoms with Crippen molar-refractivity contribution in [2.24, 2.45) is 0 Å². The number of hydrogen-bond acceptors (Lipinski definition) is 4. The van der Waals surface area contributed by atoms with Crippen LogP contribution in [0, 0.1) is 0 Å². The molecule has 1 atom stereocenters. The third-order valence-corrected chi connectivity index (χ3v) is 4.38. The van der Waals surface area contributed by atoms with Gasteiger partial charge in [0.1, 0.15) is 5.75 Å². The number of rotatable bonds is 6. The predicted molar refractivity (Wildman–Crippen MR) is 105 cm³/mol. The van der Waals surface area contributed by atoms with Crippen molar-refractivity contribution in [2.45, 2.75) is 33.7 Å². The first-order chi connectivity index (χ1) is 11.8. The molecule has 0 radical (unpaired) electrons. The Hall–Kier alpha value is -2.75. The van der Waals surface area contributed by atoms with E-state index in [2.05, 4.69) is 31.4 Å². The predicted octanol–water partition coefficient (Wildman–Crippen LogP) is 4.93. The summed E-state index contributed by atoms with van der Waals surface area (Å²) in [6.07, 6.45) is 0. The first kappa shape index (κ1) is 18.6. The van der Waals surface area contributed by atoms with Gasteiger partial charge in [-0.15, -0.1) is 0 Å². The van der Waals surface area contributed by atoms with Crippen LogP contribution >= 0.6 is 0 Å². The molecular formula is C21H26N2O2. The Morgan fingerprint density at radius 3 is 2.24 bits per heavy atom. The Bertz CT molecular complexity index is 788. The second-order valence-corrected chi connectivity index (χ2v) is 6.41. The van der Waals surface area contributed by atoms with Crippen LogP contribution in [0.2, 0.25) is 0 Å². The molecule has 2 aromatic carbocycles. The van der Waals surface area contributed by atoms with Crippen LogP contribution in [0.1, 0.15) is 43.6 Å². The maximum atomic E-state index is 13.0. The maximum Gasteiger partial charge on any atom is 0.186 e. The van der Waals surface area contributed by atoms with Crippen LogP contribution in [0.15, 0.2) is 48.0 Å². The van der Waals surface area contributed by atoms with Crippen molar-refractivity contribution < 1.29 is 9.90 Å². The summed E-state index contributed by atoms with van der Waals surface area (Å²) in [5.74, 6) is 0.215. The summed E-state index contributed by atoms with van der Waals surface area (Å²) in [6, 6.07) is 12.2. The van der Waals surface area contributed by atoms with Crippen molar-refractivity contribution in [3.63, 3.8) is 0 Å². The zero-order chi connectivity index (χ0) is 18.6. The molecule has 25 heavy (non-hydrogen) atoms. The molecule has 0 saturated carbocycles. The van der Waals surface area contributed by atoms with Crippen LogP contribution in [-0.2, 0) is 0 Å². The number of aromatic hydroxyl groups is 1. The molecule has 0 fully saturated rings. The van der Waals surface area contributed by atoms with E-state index in [1.54, 1.807) is 24.3 Å². The van der Waals surface area contributed by atoms with E-state index in [0.29, 0.717) is 5.56 Å². The SMILES string of the molecule is CNc1ccc(C(C)=C(C)C)cc1C(=O)C(C)Nc1ccc(O)cc1. The van der Waals surface area contributed by atoms with Crippen molar-refractivity contribution in [3.05, 3.63) is 59.2 Å². The number of hydrogen-bond donors (Lipinski definition) is 3. The molecule has 2 rings (SSSR count). The monoisotopic (exact) mass is 338 g/mol. The Morgan fingerprint density at radius 2 is 1.68 bits per heavy atom. The second kappa shape index (κ2) is 7.88. The Balaban J connectivity index is 2.31.